The van der Waals surface area contributed by atoms with Crippen molar-refractivity contribution in [2.75, 3.05) is 51.7 Å². The zero-order valence-corrected chi connectivity index (χ0v) is 27.6. The number of anilines is 1. The molecule has 3 aliphatic rings. The standard InChI is InChI=1S/C22H28Cl2F2N4O2.C7H6F2.C2H4.CH4O/c1-13(2)20(31)28-5-3-16(4-6-28)29-9-15(10-29)27-14-7-17(23)19(18(24)8-14)21(32)30-11-22(25,26)12-30;1-5-2-6(8)4-7(9)3-5;2*1-2/h7-8,13,15-16,27H,3-6,9-12H2,1-2H3;2-4H,1H3;1-2H2;2H,1H3. The molecule has 0 spiro atoms. The van der Waals surface area contributed by atoms with Gasteiger partial charge in [0.15, 0.2) is 0 Å². The van der Waals surface area contributed by atoms with Gasteiger partial charge in [0.2, 0.25) is 5.91 Å². The number of nitrogens with one attached hydrogen (secondary N) is 1. The molecule has 0 radical (unpaired) electrons. The fourth-order valence-electron chi connectivity index (χ4n) is 5.32. The molecule has 0 saturated carbocycles. The van der Waals surface area contributed by atoms with E-state index < -0.39 is 36.6 Å². The van der Waals surface area contributed by atoms with Gasteiger partial charge in [0.05, 0.1) is 34.7 Å². The molecule has 5 rings (SSSR count). The molecule has 2 aromatic carbocycles. The van der Waals surface area contributed by atoms with Crippen LogP contribution in [0.2, 0.25) is 10.0 Å². The van der Waals surface area contributed by atoms with Crippen LogP contribution in [-0.4, -0.2) is 96.0 Å². The van der Waals surface area contributed by atoms with Crippen molar-refractivity contribution in [1.82, 2.24) is 14.7 Å². The Kier molecular flexibility index (Phi) is 14.6. The van der Waals surface area contributed by atoms with Crippen LogP contribution in [0, 0.1) is 24.5 Å². The van der Waals surface area contributed by atoms with Gasteiger partial charge >= 0.3 is 0 Å². The lowest BCUT2D eigenvalue weighted by Crippen LogP contribution is -2.60. The first-order chi connectivity index (χ1) is 21.2. The summed E-state index contributed by atoms with van der Waals surface area (Å²) in [7, 11) is 1.00. The minimum absolute atomic E-state index is 0.0383. The van der Waals surface area contributed by atoms with Crippen LogP contribution in [0.1, 0.15) is 42.6 Å². The minimum Gasteiger partial charge on any atom is -0.400 e. The zero-order valence-electron chi connectivity index (χ0n) is 26.1. The first-order valence-corrected chi connectivity index (χ1v) is 15.3. The number of carbonyl (C=O) groups excluding carboxylic acids is 2. The lowest BCUT2D eigenvalue weighted by Gasteiger charge is -2.47. The van der Waals surface area contributed by atoms with E-state index in [4.69, 9.17) is 28.3 Å². The number of aliphatic hydroxyl groups is 1. The highest BCUT2D eigenvalue weighted by atomic mass is 35.5. The van der Waals surface area contributed by atoms with Gasteiger partial charge in [0, 0.05) is 57.0 Å². The van der Waals surface area contributed by atoms with Crippen molar-refractivity contribution < 1.29 is 32.3 Å². The van der Waals surface area contributed by atoms with E-state index in [0.717, 1.165) is 57.1 Å². The molecule has 3 saturated heterocycles. The van der Waals surface area contributed by atoms with Crippen molar-refractivity contribution in [1.29, 1.82) is 0 Å². The second kappa shape index (κ2) is 17.2. The molecule has 13 heteroatoms. The van der Waals surface area contributed by atoms with E-state index in [2.05, 4.69) is 23.4 Å². The Labute approximate surface area is 272 Å². The van der Waals surface area contributed by atoms with Crippen molar-refractivity contribution in [2.24, 2.45) is 5.92 Å². The molecular weight excluding hydrogens is 635 g/mol. The Morgan fingerprint density at radius 3 is 1.84 bits per heavy atom. The number of hydrogen-bond donors (Lipinski definition) is 2. The monoisotopic (exact) mass is 676 g/mol. The third kappa shape index (κ3) is 10.6. The predicted molar refractivity (Wildman–Crippen MR) is 171 cm³/mol. The molecule has 3 heterocycles. The van der Waals surface area contributed by atoms with Gasteiger partial charge in [0.1, 0.15) is 11.6 Å². The maximum Gasteiger partial charge on any atom is 0.282 e. The number of halogens is 6. The summed E-state index contributed by atoms with van der Waals surface area (Å²) in [6.45, 7) is 13.7. The first kappa shape index (κ1) is 38.3. The Bertz CT molecular complexity index is 1220. The van der Waals surface area contributed by atoms with Gasteiger partial charge in [-0.3, -0.25) is 14.5 Å². The second-order valence-corrected chi connectivity index (χ2v) is 12.1. The number of aryl methyl sites for hydroxylation is 1. The number of piperidine rings is 1. The van der Waals surface area contributed by atoms with Gasteiger partial charge in [-0.25, -0.2) is 17.6 Å². The highest BCUT2D eigenvalue weighted by Gasteiger charge is 2.47. The van der Waals surface area contributed by atoms with Gasteiger partial charge in [-0.05, 0) is 49.6 Å². The quantitative estimate of drug-likeness (QED) is 0.279. The van der Waals surface area contributed by atoms with Gasteiger partial charge in [-0.15, -0.1) is 13.2 Å². The normalized spacial score (nSPS) is 17.8. The third-order valence-corrected chi connectivity index (χ3v) is 8.06. The molecule has 0 aliphatic carbocycles. The highest BCUT2D eigenvalue weighted by molar-refractivity contribution is 6.40. The molecule has 7 nitrogen and oxygen atoms in total. The van der Waals surface area contributed by atoms with E-state index in [1.54, 1.807) is 19.1 Å². The smallest absolute Gasteiger partial charge is 0.282 e. The first-order valence-electron chi connectivity index (χ1n) is 14.6. The van der Waals surface area contributed by atoms with Crippen LogP contribution in [0.4, 0.5) is 23.2 Å². The Balaban J connectivity index is 0.000000458. The van der Waals surface area contributed by atoms with Crippen LogP contribution >= 0.6 is 23.2 Å². The van der Waals surface area contributed by atoms with Crippen LogP contribution < -0.4 is 5.32 Å². The van der Waals surface area contributed by atoms with E-state index in [1.165, 1.54) is 12.1 Å². The second-order valence-electron chi connectivity index (χ2n) is 11.3. The molecule has 3 fully saturated rings. The molecule has 0 atom stereocenters. The summed E-state index contributed by atoms with van der Waals surface area (Å²) in [5, 5.41) is 10.7. The van der Waals surface area contributed by atoms with E-state index in [9.17, 15) is 27.2 Å². The summed E-state index contributed by atoms with van der Waals surface area (Å²) in [4.78, 5) is 30.0. The molecule has 0 aromatic heterocycles. The van der Waals surface area contributed by atoms with Crippen molar-refractivity contribution in [2.45, 2.75) is 51.6 Å². The number of benzene rings is 2. The largest absolute Gasteiger partial charge is 0.400 e. The molecule has 2 amide bonds. The van der Waals surface area contributed by atoms with Crippen LogP contribution in [0.15, 0.2) is 43.5 Å². The zero-order chi connectivity index (χ0) is 34.1. The number of amides is 2. The summed E-state index contributed by atoms with van der Waals surface area (Å²) < 4.78 is 50.5. The van der Waals surface area contributed by atoms with E-state index in [0.29, 0.717) is 17.3 Å². The number of aliphatic hydroxyl groups excluding tert-OH is 1. The lowest BCUT2D eigenvalue weighted by molar-refractivity contribution is -0.136. The van der Waals surface area contributed by atoms with E-state index >= 15 is 0 Å². The number of likely N-dealkylation sites (tertiary alicyclic amines) is 3. The summed E-state index contributed by atoms with van der Waals surface area (Å²) in [5.41, 5.74) is 1.37. The third-order valence-electron chi connectivity index (χ3n) is 7.46. The van der Waals surface area contributed by atoms with Crippen LogP contribution in [0.25, 0.3) is 0 Å². The average Bonchev–Trinajstić information content (AvgIpc) is 2.94. The summed E-state index contributed by atoms with van der Waals surface area (Å²) >= 11 is 12.6. The van der Waals surface area contributed by atoms with Crippen molar-refractivity contribution in [3.05, 3.63) is 76.3 Å². The van der Waals surface area contributed by atoms with Crippen LogP contribution in [-0.2, 0) is 4.79 Å². The number of carbonyl (C=O) groups is 2. The summed E-state index contributed by atoms with van der Waals surface area (Å²) in [5.74, 6) is -4.19. The number of nitrogens with zero attached hydrogens (tertiary/aromatic N) is 3. The minimum atomic E-state index is -2.84. The molecule has 2 N–H and O–H groups in total. The Morgan fingerprint density at radius 2 is 1.42 bits per heavy atom. The van der Waals surface area contributed by atoms with Crippen molar-refractivity contribution in [3.63, 3.8) is 0 Å². The number of rotatable bonds is 5. The van der Waals surface area contributed by atoms with Gasteiger partial charge in [-0.2, -0.15) is 0 Å². The van der Waals surface area contributed by atoms with E-state index in [1.807, 2.05) is 18.7 Å². The lowest BCUT2D eigenvalue weighted by atomic mass is 9.96. The summed E-state index contributed by atoms with van der Waals surface area (Å²) in [6, 6.07) is 7.37. The van der Waals surface area contributed by atoms with Gasteiger partial charge in [-0.1, -0.05) is 37.0 Å². The highest BCUT2D eigenvalue weighted by Crippen LogP contribution is 2.35. The number of hydrogen-bond acceptors (Lipinski definition) is 5. The average molecular weight is 678 g/mol. The Hall–Kier alpha value is -2.86. The molecule has 0 unspecified atom stereocenters. The molecule has 250 valence electrons. The van der Waals surface area contributed by atoms with E-state index in [-0.39, 0.29) is 33.5 Å². The topological polar surface area (TPSA) is 76.1 Å². The fraction of sp³-hybridized carbons (Fsp3) is 0.500. The maximum atomic E-state index is 13.1. The molecule has 45 heavy (non-hydrogen) atoms. The Morgan fingerprint density at radius 1 is 0.933 bits per heavy atom. The predicted octanol–water partition coefficient (Wildman–Crippen LogP) is 6.51. The van der Waals surface area contributed by atoms with Gasteiger partial charge in [0.25, 0.3) is 11.8 Å². The number of alkyl halides is 2. The molecule has 0 bridgehead atoms. The molecule has 3 aliphatic heterocycles. The van der Waals surface area contributed by atoms with Crippen LogP contribution in [0.3, 0.4) is 0 Å². The van der Waals surface area contributed by atoms with Crippen molar-refractivity contribution in [3.8, 4) is 0 Å². The molecular formula is C32H42Cl2F4N4O3. The van der Waals surface area contributed by atoms with Crippen LogP contribution in [0.5, 0.6) is 0 Å². The van der Waals surface area contributed by atoms with Crippen molar-refractivity contribution >= 4 is 40.7 Å². The maximum absolute atomic E-state index is 13.1. The fourth-order valence-corrected chi connectivity index (χ4v) is 5.97. The molecule has 2 aromatic rings. The van der Waals surface area contributed by atoms with Gasteiger partial charge < -0.3 is 20.2 Å². The summed E-state index contributed by atoms with van der Waals surface area (Å²) in [6.07, 6.45) is 1.96. The SMILES string of the molecule is C=C.CC(C)C(=O)N1CCC(N2CC(Nc3cc(Cl)c(C(=O)N4CC(F)(F)C4)c(Cl)c3)C2)CC1.CO.Cc1cc(F)cc(F)c1.